The van der Waals surface area contributed by atoms with E-state index >= 15 is 0 Å². The zero-order valence-corrected chi connectivity index (χ0v) is 16.7. The van der Waals surface area contributed by atoms with Crippen LogP contribution in [-0.4, -0.2) is 20.9 Å². The molecule has 0 bridgehead atoms. The van der Waals surface area contributed by atoms with E-state index in [2.05, 4.69) is 5.32 Å². The SMILES string of the molecule is O=C(CN1c2ccc(Cl)cc2-c2ccccc2S1(=O)=O)NCc1ccc(F)cc1. The van der Waals surface area contributed by atoms with Gasteiger partial charge in [0.1, 0.15) is 12.4 Å². The van der Waals surface area contributed by atoms with Crippen LogP contribution in [0.2, 0.25) is 5.02 Å². The molecule has 0 unspecified atom stereocenters. The number of fused-ring (bicyclic) bond motifs is 3. The zero-order chi connectivity index (χ0) is 20.6. The summed E-state index contributed by atoms with van der Waals surface area (Å²) in [5.41, 5.74) is 2.30. The summed E-state index contributed by atoms with van der Waals surface area (Å²) in [5, 5.41) is 3.15. The van der Waals surface area contributed by atoms with E-state index < -0.39 is 15.9 Å². The maximum atomic E-state index is 13.2. The summed E-state index contributed by atoms with van der Waals surface area (Å²) in [4.78, 5) is 12.6. The number of carbonyl (C=O) groups excluding carboxylic acids is 1. The molecule has 0 fully saturated rings. The standard InChI is InChI=1S/C21H16ClFN2O3S/c22-15-7-10-19-18(11-15)17-3-1-2-4-20(17)29(27,28)25(19)13-21(26)24-12-14-5-8-16(23)9-6-14/h1-11H,12-13H2,(H,24,26). The molecule has 29 heavy (non-hydrogen) atoms. The Hall–Kier alpha value is -2.90. The van der Waals surface area contributed by atoms with Crippen molar-refractivity contribution in [2.45, 2.75) is 11.4 Å². The van der Waals surface area contributed by atoms with Crippen LogP contribution in [-0.2, 0) is 21.4 Å². The number of sulfonamides is 1. The van der Waals surface area contributed by atoms with Gasteiger partial charge in [-0.3, -0.25) is 9.10 Å². The predicted molar refractivity (Wildman–Crippen MR) is 110 cm³/mol. The average molecular weight is 431 g/mol. The van der Waals surface area contributed by atoms with E-state index in [4.69, 9.17) is 11.6 Å². The van der Waals surface area contributed by atoms with Gasteiger partial charge in [-0.05, 0) is 42.0 Å². The summed E-state index contributed by atoms with van der Waals surface area (Å²) >= 11 is 6.12. The molecule has 4 rings (SSSR count). The number of hydrogen-bond donors (Lipinski definition) is 1. The van der Waals surface area contributed by atoms with E-state index in [1.165, 1.54) is 18.2 Å². The lowest BCUT2D eigenvalue weighted by Crippen LogP contribution is -2.42. The van der Waals surface area contributed by atoms with Gasteiger partial charge in [-0.15, -0.1) is 0 Å². The minimum Gasteiger partial charge on any atom is -0.350 e. The number of rotatable bonds is 4. The number of nitrogens with one attached hydrogen (secondary N) is 1. The minimum absolute atomic E-state index is 0.126. The lowest BCUT2D eigenvalue weighted by atomic mass is 10.0. The first kappa shape index (κ1) is 19.4. The molecule has 148 valence electrons. The molecular formula is C21H16ClFN2O3S. The fourth-order valence-corrected chi connectivity index (χ4v) is 5.08. The first-order valence-corrected chi connectivity index (χ1v) is 10.6. The van der Waals surface area contributed by atoms with Crippen LogP contribution in [0.3, 0.4) is 0 Å². The van der Waals surface area contributed by atoms with E-state index in [-0.39, 0.29) is 23.8 Å². The number of benzene rings is 3. The summed E-state index contributed by atoms with van der Waals surface area (Å²) in [6, 6.07) is 17.2. The second-order valence-corrected chi connectivity index (χ2v) is 8.84. The highest BCUT2D eigenvalue weighted by atomic mass is 35.5. The van der Waals surface area contributed by atoms with Gasteiger partial charge < -0.3 is 5.32 Å². The Balaban J connectivity index is 1.63. The van der Waals surface area contributed by atoms with Crippen molar-refractivity contribution in [2.75, 3.05) is 10.8 Å². The summed E-state index contributed by atoms with van der Waals surface area (Å²) in [6.45, 7) is -0.219. The number of halogens is 2. The third-order valence-corrected chi connectivity index (χ3v) is 6.72. The van der Waals surface area contributed by atoms with Crippen LogP contribution in [0.15, 0.2) is 71.6 Å². The van der Waals surface area contributed by atoms with Crippen molar-refractivity contribution in [3.63, 3.8) is 0 Å². The first-order valence-electron chi connectivity index (χ1n) is 8.79. The van der Waals surface area contributed by atoms with Crippen molar-refractivity contribution in [3.8, 4) is 11.1 Å². The molecular weight excluding hydrogens is 415 g/mol. The third kappa shape index (κ3) is 3.71. The minimum atomic E-state index is -3.91. The Morgan fingerprint density at radius 1 is 1.00 bits per heavy atom. The smallest absolute Gasteiger partial charge is 0.265 e. The van der Waals surface area contributed by atoms with Crippen molar-refractivity contribution in [1.29, 1.82) is 0 Å². The van der Waals surface area contributed by atoms with Crippen LogP contribution >= 0.6 is 11.6 Å². The van der Waals surface area contributed by atoms with Crippen LogP contribution in [0.4, 0.5) is 10.1 Å². The Bertz CT molecular complexity index is 1200. The third-order valence-electron chi connectivity index (χ3n) is 4.66. The quantitative estimate of drug-likeness (QED) is 0.681. The maximum Gasteiger partial charge on any atom is 0.265 e. The molecule has 0 saturated heterocycles. The first-order chi connectivity index (χ1) is 13.9. The fraction of sp³-hybridized carbons (Fsp3) is 0.0952. The van der Waals surface area contributed by atoms with Gasteiger partial charge in [-0.2, -0.15) is 0 Å². The van der Waals surface area contributed by atoms with E-state index in [1.54, 1.807) is 48.5 Å². The Kier molecular flexibility index (Phi) is 5.02. The van der Waals surface area contributed by atoms with Crippen LogP contribution in [0.5, 0.6) is 0 Å². The highest BCUT2D eigenvalue weighted by molar-refractivity contribution is 7.93. The molecule has 1 aliphatic rings. The van der Waals surface area contributed by atoms with E-state index in [0.717, 1.165) is 4.31 Å². The topological polar surface area (TPSA) is 66.5 Å². The Morgan fingerprint density at radius 2 is 1.72 bits per heavy atom. The molecule has 0 atom stereocenters. The molecule has 1 N–H and O–H groups in total. The largest absolute Gasteiger partial charge is 0.350 e. The van der Waals surface area contributed by atoms with Crippen molar-refractivity contribution in [3.05, 3.63) is 83.1 Å². The van der Waals surface area contributed by atoms with E-state index in [1.807, 2.05) is 0 Å². The van der Waals surface area contributed by atoms with Gasteiger partial charge in [-0.1, -0.05) is 41.9 Å². The highest BCUT2D eigenvalue weighted by Gasteiger charge is 2.35. The second-order valence-electron chi connectivity index (χ2n) is 6.57. The summed E-state index contributed by atoms with van der Waals surface area (Å²) in [7, 11) is -3.91. The molecule has 5 nitrogen and oxygen atoms in total. The number of carbonyl (C=O) groups is 1. The molecule has 8 heteroatoms. The summed E-state index contributed by atoms with van der Waals surface area (Å²) in [5.74, 6) is -0.841. The van der Waals surface area contributed by atoms with Gasteiger partial charge in [0.2, 0.25) is 5.91 Å². The number of nitrogens with zero attached hydrogens (tertiary/aromatic N) is 1. The summed E-state index contributed by atoms with van der Waals surface area (Å²) < 4.78 is 40.4. The average Bonchev–Trinajstić information content (AvgIpc) is 2.71. The molecule has 0 saturated carbocycles. The number of anilines is 1. The Morgan fingerprint density at radius 3 is 2.48 bits per heavy atom. The fourth-order valence-electron chi connectivity index (χ4n) is 3.26. The summed E-state index contributed by atoms with van der Waals surface area (Å²) in [6.07, 6.45) is 0. The second kappa shape index (κ2) is 7.50. The molecule has 0 aromatic heterocycles. The molecule has 3 aromatic carbocycles. The molecule has 3 aromatic rings. The lowest BCUT2D eigenvalue weighted by Gasteiger charge is -2.31. The van der Waals surface area contributed by atoms with Gasteiger partial charge >= 0.3 is 0 Å². The molecule has 0 spiro atoms. The number of amides is 1. The van der Waals surface area contributed by atoms with Gasteiger partial charge in [-0.25, -0.2) is 12.8 Å². The highest BCUT2D eigenvalue weighted by Crippen LogP contribution is 2.43. The molecule has 1 amide bonds. The predicted octanol–water partition coefficient (Wildman–Crippen LogP) is 3.97. The normalized spacial score (nSPS) is 14.1. The molecule has 1 aliphatic heterocycles. The van der Waals surface area contributed by atoms with Gasteiger partial charge in [0.15, 0.2) is 0 Å². The maximum absolute atomic E-state index is 13.2. The van der Waals surface area contributed by atoms with Gasteiger partial charge in [0.25, 0.3) is 10.0 Å². The van der Waals surface area contributed by atoms with E-state index in [0.29, 0.717) is 27.4 Å². The van der Waals surface area contributed by atoms with Crippen molar-refractivity contribution in [1.82, 2.24) is 5.32 Å². The molecule has 1 heterocycles. The monoisotopic (exact) mass is 430 g/mol. The van der Waals surface area contributed by atoms with Crippen molar-refractivity contribution in [2.24, 2.45) is 0 Å². The van der Waals surface area contributed by atoms with Crippen LogP contribution in [0.1, 0.15) is 5.56 Å². The van der Waals surface area contributed by atoms with Crippen LogP contribution in [0.25, 0.3) is 11.1 Å². The Labute approximate surface area is 172 Å². The zero-order valence-electron chi connectivity index (χ0n) is 15.1. The van der Waals surface area contributed by atoms with Crippen LogP contribution in [0, 0.1) is 5.82 Å². The van der Waals surface area contributed by atoms with Crippen LogP contribution < -0.4 is 9.62 Å². The van der Waals surface area contributed by atoms with Gasteiger partial charge in [0, 0.05) is 22.7 Å². The van der Waals surface area contributed by atoms with Crippen molar-refractivity contribution < 1.29 is 17.6 Å². The van der Waals surface area contributed by atoms with Gasteiger partial charge in [0.05, 0.1) is 10.6 Å². The molecule has 0 aliphatic carbocycles. The lowest BCUT2D eigenvalue weighted by molar-refractivity contribution is -0.119. The molecule has 0 radical (unpaired) electrons. The van der Waals surface area contributed by atoms with E-state index in [9.17, 15) is 17.6 Å². The number of hydrogen-bond acceptors (Lipinski definition) is 3. The van der Waals surface area contributed by atoms with Crippen molar-refractivity contribution >= 4 is 33.2 Å².